The van der Waals surface area contributed by atoms with Crippen molar-refractivity contribution in [2.24, 2.45) is 5.92 Å². The van der Waals surface area contributed by atoms with E-state index in [0.29, 0.717) is 48.7 Å². The minimum atomic E-state index is -4.51. The van der Waals surface area contributed by atoms with Crippen molar-refractivity contribution in [2.45, 2.75) is 25.6 Å². The van der Waals surface area contributed by atoms with Gasteiger partial charge in [0.2, 0.25) is 11.9 Å². The smallest absolute Gasteiger partial charge is 0.347 e. The Bertz CT molecular complexity index is 1490. The Morgan fingerprint density at radius 1 is 1.12 bits per heavy atom. The number of thioether (sulfide) groups is 1. The maximum absolute atomic E-state index is 13.6. The van der Waals surface area contributed by atoms with Crippen LogP contribution in [0, 0.1) is 5.92 Å². The first-order valence-electron chi connectivity index (χ1n) is 13.2. The van der Waals surface area contributed by atoms with Gasteiger partial charge in [0.1, 0.15) is 0 Å². The van der Waals surface area contributed by atoms with Crippen molar-refractivity contribution in [3.63, 3.8) is 0 Å². The van der Waals surface area contributed by atoms with Crippen LogP contribution in [0.3, 0.4) is 0 Å². The average molecular weight is 600 g/mol. The van der Waals surface area contributed by atoms with Gasteiger partial charge < -0.3 is 15.1 Å². The van der Waals surface area contributed by atoms with Gasteiger partial charge in [-0.1, -0.05) is 0 Å². The predicted octanol–water partition coefficient (Wildman–Crippen LogP) is 3.74. The van der Waals surface area contributed by atoms with Crippen molar-refractivity contribution in [1.82, 2.24) is 35.6 Å². The van der Waals surface area contributed by atoms with Crippen LogP contribution in [-0.2, 0) is 17.5 Å². The van der Waals surface area contributed by atoms with E-state index in [0.717, 1.165) is 36.7 Å². The van der Waals surface area contributed by atoms with E-state index in [4.69, 9.17) is 0 Å². The van der Waals surface area contributed by atoms with E-state index < -0.39 is 22.9 Å². The fourth-order valence-electron chi connectivity index (χ4n) is 4.57. The summed E-state index contributed by atoms with van der Waals surface area (Å²) in [6.45, 7) is 2.21. The number of amides is 2. The van der Waals surface area contributed by atoms with Gasteiger partial charge in [0, 0.05) is 57.9 Å². The summed E-state index contributed by atoms with van der Waals surface area (Å²) in [7, 11) is 3.55. The fourth-order valence-corrected chi connectivity index (χ4v) is 5.23. The van der Waals surface area contributed by atoms with E-state index in [9.17, 15) is 22.8 Å². The van der Waals surface area contributed by atoms with Crippen LogP contribution < -0.4 is 20.4 Å². The highest BCUT2D eigenvalue weighted by atomic mass is 32.2. The minimum absolute atomic E-state index is 0.164. The van der Waals surface area contributed by atoms with Crippen LogP contribution in [0.1, 0.15) is 29.8 Å². The third kappa shape index (κ3) is 7.20. The number of halogens is 3. The molecular weight excluding hydrogens is 571 g/mol. The van der Waals surface area contributed by atoms with Crippen molar-refractivity contribution in [1.29, 1.82) is 0 Å². The van der Waals surface area contributed by atoms with Crippen LogP contribution >= 0.6 is 11.8 Å². The van der Waals surface area contributed by atoms with Crippen molar-refractivity contribution in [2.75, 3.05) is 43.5 Å². The van der Waals surface area contributed by atoms with Gasteiger partial charge in [-0.15, -0.1) is 0 Å². The van der Waals surface area contributed by atoms with E-state index >= 15 is 0 Å². The molecule has 0 aliphatic carbocycles. The molecule has 0 saturated carbocycles. The number of aromatic nitrogens is 5. The molecule has 2 fully saturated rings. The second kappa shape index (κ2) is 12.4. The number of anilines is 2. The zero-order chi connectivity index (χ0) is 29.9. The zero-order valence-electron chi connectivity index (χ0n) is 22.9. The summed E-state index contributed by atoms with van der Waals surface area (Å²) in [5, 5.41) is 5.08. The zero-order valence-corrected chi connectivity index (χ0v) is 23.7. The topological polar surface area (TPSA) is 129 Å². The number of nitrogens with zero attached hydrogens (tertiary/aromatic N) is 7. The molecule has 0 spiro atoms. The molecule has 0 unspecified atom stereocenters. The molecule has 2 N–H and O–H groups in total. The molecule has 42 heavy (non-hydrogen) atoms. The largest absolute Gasteiger partial charge is 0.416 e. The molecule has 5 rings (SSSR count). The van der Waals surface area contributed by atoms with E-state index in [1.54, 1.807) is 37.3 Å². The van der Waals surface area contributed by atoms with Gasteiger partial charge in [-0.05, 0) is 61.3 Å². The maximum Gasteiger partial charge on any atom is 0.416 e. The van der Waals surface area contributed by atoms with Crippen molar-refractivity contribution < 1.29 is 22.8 Å². The quantitative estimate of drug-likeness (QED) is 0.368. The molecule has 0 radical (unpaired) electrons. The molecule has 2 aliphatic heterocycles. The number of pyridine rings is 1. The van der Waals surface area contributed by atoms with Crippen molar-refractivity contribution in [3.8, 4) is 11.3 Å². The molecular formula is C27H28F3N9O2S. The first-order valence-corrected chi connectivity index (χ1v) is 14.0. The molecule has 11 nitrogen and oxygen atoms in total. The van der Waals surface area contributed by atoms with Gasteiger partial charge in [-0.2, -0.15) is 13.2 Å². The van der Waals surface area contributed by atoms with E-state index in [1.165, 1.54) is 12.4 Å². The van der Waals surface area contributed by atoms with Gasteiger partial charge in [0.25, 0.3) is 11.1 Å². The maximum atomic E-state index is 13.6. The molecule has 5 heterocycles. The number of alkyl halides is 3. The van der Waals surface area contributed by atoms with Crippen molar-refractivity contribution in [3.05, 3.63) is 58.6 Å². The summed E-state index contributed by atoms with van der Waals surface area (Å²) in [4.78, 5) is 49.0. The lowest BCUT2D eigenvalue weighted by Crippen LogP contribution is -2.38. The Balaban J connectivity index is 1.18. The molecule has 0 aromatic carbocycles. The van der Waals surface area contributed by atoms with Crippen LogP contribution in [0.2, 0.25) is 0 Å². The Kier molecular flexibility index (Phi) is 8.68. The van der Waals surface area contributed by atoms with Gasteiger partial charge in [-0.25, -0.2) is 19.9 Å². The number of imide groups is 1. The van der Waals surface area contributed by atoms with Crippen LogP contribution in [0.5, 0.6) is 0 Å². The predicted molar refractivity (Wildman–Crippen MR) is 152 cm³/mol. The Morgan fingerprint density at radius 2 is 1.86 bits per heavy atom. The molecule has 0 bridgehead atoms. The molecule has 2 amide bonds. The number of hydrogen-bond acceptors (Lipinski definition) is 11. The highest BCUT2D eigenvalue weighted by Gasteiger charge is 2.32. The van der Waals surface area contributed by atoms with E-state index in [1.807, 2.05) is 0 Å². The monoisotopic (exact) mass is 599 g/mol. The van der Waals surface area contributed by atoms with Crippen molar-refractivity contribution >= 4 is 40.9 Å². The van der Waals surface area contributed by atoms with Gasteiger partial charge in [-0.3, -0.25) is 19.9 Å². The van der Waals surface area contributed by atoms with Gasteiger partial charge in [0.05, 0.1) is 27.6 Å². The second-order valence-electron chi connectivity index (χ2n) is 10.1. The molecule has 220 valence electrons. The highest BCUT2D eigenvalue weighted by Crippen LogP contribution is 2.32. The number of carbonyl (C=O) groups is 2. The lowest BCUT2D eigenvalue weighted by atomic mass is 9.97. The SMILES string of the molecule is CN(C)c1ncc(-c2cc(C(F)(F)F)cc(CNCC3CCN(c4nccc(/C=C5/SC(=O)NC5=O)n4)CC3)n2)cn1. The number of nitrogens with one attached hydrogen (secondary N) is 2. The van der Waals surface area contributed by atoms with Crippen LogP contribution in [0.25, 0.3) is 17.3 Å². The average Bonchev–Trinajstić information content (AvgIpc) is 3.28. The number of rotatable bonds is 8. The number of hydrogen-bond donors (Lipinski definition) is 2. The molecule has 2 saturated heterocycles. The second-order valence-corrected chi connectivity index (χ2v) is 11.1. The summed E-state index contributed by atoms with van der Waals surface area (Å²) in [5.74, 6) is 0.857. The summed E-state index contributed by atoms with van der Waals surface area (Å²) in [6.07, 6.45) is 3.28. The first-order chi connectivity index (χ1) is 20.0. The number of piperidine rings is 1. The molecule has 0 atom stereocenters. The minimum Gasteiger partial charge on any atom is -0.347 e. The molecule has 3 aromatic heterocycles. The standard InChI is InChI=1S/C27H28F3N9O2S/c1-38(2)24-33-13-17(14-34-24)21-10-18(27(28,29)30)9-20(35-21)15-31-12-16-4-7-39(8-5-16)25-32-6-3-19(36-25)11-22-23(40)37-26(41)42-22/h3,6,9-11,13-14,16,31H,4-5,7-8,12,15H2,1-2H3,(H,37,40,41)/b22-11+. The fraction of sp³-hybridized carbons (Fsp3) is 0.370. The number of carbonyl (C=O) groups excluding carboxylic acids is 2. The third-order valence-electron chi connectivity index (χ3n) is 6.76. The Labute approximate surface area is 244 Å². The van der Waals surface area contributed by atoms with E-state index in [-0.39, 0.29) is 22.8 Å². The lowest BCUT2D eigenvalue weighted by molar-refractivity contribution is -0.137. The summed E-state index contributed by atoms with van der Waals surface area (Å²) < 4.78 is 40.9. The Morgan fingerprint density at radius 3 is 2.50 bits per heavy atom. The van der Waals surface area contributed by atoms with Gasteiger partial charge >= 0.3 is 6.18 Å². The molecule has 3 aromatic rings. The molecule has 15 heteroatoms. The van der Waals surface area contributed by atoms with Gasteiger partial charge in [0.15, 0.2) is 0 Å². The lowest BCUT2D eigenvalue weighted by Gasteiger charge is -2.32. The molecule has 2 aliphatic rings. The normalized spacial score (nSPS) is 17.2. The van der Waals surface area contributed by atoms with Crippen LogP contribution in [-0.4, -0.2) is 69.8 Å². The van der Waals surface area contributed by atoms with Crippen LogP contribution in [0.15, 0.2) is 41.7 Å². The third-order valence-corrected chi connectivity index (χ3v) is 7.57. The highest BCUT2D eigenvalue weighted by molar-refractivity contribution is 8.18. The van der Waals surface area contributed by atoms with Crippen LogP contribution in [0.4, 0.5) is 29.9 Å². The summed E-state index contributed by atoms with van der Waals surface area (Å²) >= 11 is 0.832. The van der Waals surface area contributed by atoms with E-state index in [2.05, 4.69) is 40.5 Å². The summed E-state index contributed by atoms with van der Waals surface area (Å²) in [6, 6.07) is 3.75. The Hall–Kier alpha value is -4.11. The first kappa shape index (κ1) is 29.4. The summed E-state index contributed by atoms with van der Waals surface area (Å²) in [5.41, 5.74) is 0.609.